The maximum atomic E-state index is 13.3. The SMILES string of the molecule is CC(O)CP(=O)(c1ccccc1)c1ccccc1. The van der Waals surface area contributed by atoms with Crippen LogP contribution in [-0.2, 0) is 4.57 Å². The van der Waals surface area contributed by atoms with Crippen LogP contribution in [0.5, 0.6) is 0 Å². The van der Waals surface area contributed by atoms with Crippen LogP contribution in [0.15, 0.2) is 60.7 Å². The Morgan fingerprint density at radius 1 is 0.944 bits per heavy atom. The van der Waals surface area contributed by atoms with Crippen molar-refractivity contribution in [2.24, 2.45) is 0 Å². The van der Waals surface area contributed by atoms with Gasteiger partial charge in [0.05, 0.1) is 6.10 Å². The predicted molar refractivity (Wildman–Crippen MR) is 76.3 cm³/mol. The zero-order valence-corrected chi connectivity index (χ0v) is 11.3. The van der Waals surface area contributed by atoms with E-state index in [9.17, 15) is 9.67 Å². The third-order valence-electron chi connectivity index (χ3n) is 2.87. The lowest BCUT2D eigenvalue weighted by Gasteiger charge is -2.20. The van der Waals surface area contributed by atoms with Gasteiger partial charge in [0, 0.05) is 16.8 Å². The molecule has 1 atom stereocenters. The quantitative estimate of drug-likeness (QED) is 0.857. The van der Waals surface area contributed by atoms with Gasteiger partial charge in [0.15, 0.2) is 0 Å². The standard InChI is InChI=1S/C15H17O2P/c1-13(16)12-18(17,14-8-4-2-5-9-14)15-10-6-3-7-11-15/h2-11,13,16H,12H2,1H3. The molecule has 0 spiro atoms. The van der Waals surface area contributed by atoms with Crippen LogP contribution in [0, 0.1) is 0 Å². The molecule has 0 heterocycles. The normalized spacial score (nSPS) is 13.2. The number of benzene rings is 2. The largest absolute Gasteiger partial charge is 0.393 e. The molecule has 3 heteroatoms. The van der Waals surface area contributed by atoms with E-state index in [1.807, 2.05) is 60.7 Å². The molecule has 2 aromatic rings. The smallest absolute Gasteiger partial charge is 0.145 e. The number of aliphatic hydroxyl groups excluding tert-OH is 1. The summed E-state index contributed by atoms with van der Waals surface area (Å²) >= 11 is 0. The minimum Gasteiger partial charge on any atom is -0.393 e. The monoisotopic (exact) mass is 260 g/mol. The first-order valence-electron chi connectivity index (χ1n) is 6.01. The van der Waals surface area contributed by atoms with Gasteiger partial charge in [-0.1, -0.05) is 60.7 Å². The first-order valence-corrected chi connectivity index (χ1v) is 7.90. The Morgan fingerprint density at radius 2 is 1.33 bits per heavy atom. The van der Waals surface area contributed by atoms with Crippen molar-refractivity contribution < 1.29 is 9.67 Å². The Morgan fingerprint density at radius 3 is 1.67 bits per heavy atom. The number of hydrogen-bond donors (Lipinski definition) is 1. The van der Waals surface area contributed by atoms with E-state index in [0.29, 0.717) is 0 Å². The molecule has 0 bridgehead atoms. The Balaban J connectivity index is 2.52. The van der Waals surface area contributed by atoms with Gasteiger partial charge in [-0.05, 0) is 6.92 Å². The van der Waals surface area contributed by atoms with Gasteiger partial charge in [0.2, 0.25) is 0 Å². The fourth-order valence-electron chi connectivity index (χ4n) is 2.07. The van der Waals surface area contributed by atoms with Crippen molar-refractivity contribution in [1.82, 2.24) is 0 Å². The summed E-state index contributed by atoms with van der Waals surface area (Å²) in [4.78, 5) is 0. The lowest BCUT2D eigenvalue weighted by molar-refractivity contribution is 0.218. The molecule has 0 radical (unpaired) electrons. The van der Waals surface area contributed by atoms with E-state index in [1.165, 1.54) is 0 Å². The van der Waals surface area contributed by atoms with Crippen molar-refractivity contribution in [2.45, 2.75) is 13.0 Å². The first kappa shape index (κ1) is 13.1. The maximum Gasteiger partial charge on any atom is 0.145 e. The number of aliphatic hydroxyl groups is 1. The summed E-state index contributed by atoms with van der Waals surface area (Å²) in [5, 5.41) is 11.2. The number of hydrogen-bond acceptors (Lipinski definition) is 2. The zero-order chi connectivity index (χ0) is 13.0. The number of rotatable bonds is 4. The molecule has 1 unspecified atom stereocenters. The Kier molecular flexibility index (Phi) is 4.00. The summed E-state index contributed by atoms with van der Waals surface area (Å²) in [5.41, 5.74) is 0. The highest BCUT2D eigenvalue weighted by molar-refractivity contribution is 7.78. The van der Waals surface area contributed by atoms with Crippen molar-refractivity contribution in [3.05, 3.63) is 60.7 Å². The van der Waals surface area contributed by atoms with Crippen LogP contribution in [0.4, 0.5) is 0 Å². The molecule has 0 aliphatic carbocycles. The molecule has 0 saturated carbocycles. The van der Waals surface area contributed by atoms with E-state index < -0.39 is 13.2 Å². The zero-order valence-electron chi connectivity index (χ0n) is 10.4. The summed E-state index contributed by atoms with van der Waals surface area (Å²) in [6.45, 7) is 1.68. The molecule has 0 aliphatic rings. The van der Waals surface area contributed by atoms with Gasteiger partial charge in [-0.3, -0.25) is 0 Å². The molecule has 94 valence electrons. The average Bonchev–Trinajstić information content (AvgIpc) is 2.40. The first-order chi connectivity index (χ1) is 8.63. The average molecular weight is 260 g/mol. The van der Waals surface area contributed by atoms with E-state index in [2.05, 4.69) is 0 Å². The van der Waals surface area contributed by atoms with Crippen molar-refractivity contribution in [3.63, 3.8) is 0 Å². The molecule has 0 fully saturated rings. The molecule has 18 heavy (non-hydrogen) atoms. The van der Waals surface area contributed by atoms with E-state index in [4.69, 9.17) is 0 Å². The van der Waals surface area contributed by atoms with Crippen LogP contribution in [-0.4, -0.2) is 17.4 Å². The Labute approximate surface area is 108 Å². The van der Waals surface area contributed by atoms with Crippen LogP contribution >= 0.6 is 7.14 Å². The molecule has 0 saturated heterocycles. The molecule has 0 amide bonds. The van der Waals surface area contributed by atoms with Gasteiger partial charge in [0.25, 0.3) is 0 Å². The van der Waals surface area contributed by atoms with Crippen LogP contribution in [0.1, 0.15) is 6.92 Å². The highest BCUT2D eigenvalue weighted by Crippen LogP contribution is 2.43. The van der Waals surface area contributed by atoms with E-state index in [0.717, 1.165) is 10.6 Å². The van der Waals surface area contributed by atoms with Gasteiger partial charge in [-0.25, -0.2) is 0 Å². The molecular formula is C15H17O2P. The van der Waals surface area contributed by atoms with Crippen LogP contribution in [0.3, 0.4) is 0 Å². The van der Waals surface area contributed by atoms with E-state index >= 15 is 0 Å². The predicted octanol–water partition coefficient (Wildman–Crippen LogP) is 2.38. The molecule has 0 aliphatic heterocycles. The molecule has 2 aromatic carbocycles. The highest BCUT2D eigenvalue weighted by atomic mass is 31.2. The van der Waals surface area contributed by atoms with E-state index in [1.54, 1.807) is 6.92 Å². The Bertz CT molecular complexity index is 491. The fraction of sp³-hybridized carbons (Fsp3) is 0.200. The van der Waals surface area contributed by atoms with Gasteiger partial charge in [-0.2, -0.15) is 0 Å². The molecule has 0 aromatic heterocycles. The Hall–Kier alpha value is -1.37. The second kappa shape index (κ2) is 5.51. The summed E-state index contributed by atoms with van der Waals surface area (Å²) in [6.07, 6.45) is -0.308. The summed E-state index contributed by atoms with van der Waals surface area (Å²) in [6, 6.07) is 18.8. The van der Waals surface area contributed by atoms with Gasteiger partial charge in [0.1, 0.15) is 7.14 Å². The van der Waals surface area contributed by atoms with Gasteiger partial charge < -0.3 is 9.67 Å². The van der Waals surface area contributed by atoms with Crippen molar-refractivity contribution >= 4 is 17.8 Å². The molecule has 1 N–H and O–H groups in total. The van der Waals surface area contributed by atoms with Crippen molar-refractivity contribution in [2.75, 3.05) is 6.16 Å². The second-order valence-corrected chi connectivity index (χ2v) is 7.32. The van der Waals surface area contributed by atoms with Gasteiger partial charge in [-0.15, -0.1) is 0 Å². The lowest BCUT2D eigenvalue weighted by atomic mass is 10.4. The molecular weight excluding hydrogens is 243 g/mol. The van der Waals surface area contributed by atoms with Crippen LogP contribution in [0.2, 0.25) is 0 Å². The minimum absolute atomic E-state index is 0.279. The third kappa shape index (κ3) is 2.72. The van der Waals surface area contributed by atoms with Crippen molar-refractivity contribution in [3.8, 4) is 0 Å². The fourth-order valence-corrected chi connectivity index (χ4v) is 4.84. The highest BCUT2D eigenvalue weighted by Gasteiger charge is 2.28. The summed E-state index contributed by atoms with van der Waals surface area (Å²) in [5.74, 6) is 0. The summed E-state index contributed by atoms with van der Waals surface area (Å²) < 4.78 is 13.3. The molecule has 2 rings (SSSR count). The topological polar surface area (TPSA) is 37.3 Å². The van der Waals surface area contributed by atoms with Crippen molar-refractivity contribution in [1.29, 1.82) is 0 Å². The maximum absolute atomic E-state index is 13.3. The lowest BCUT2D eigenvalue weighted by Crippen LogP contribution is -2.23. The summed E-state index contributed by atoms with van der Waals surface area (Å²) in [7, 11) is -2.73. The van der Waals surface area contributed by atoms with Gasteiger partial charge >= 0.3 is 0 Å². The van der Waals surface area contributed by atoms with Crippen LogP contribution in [0.25, 0.3) is 0 Å². The second-order valence-electron chi connectivity index (χ2n) is 4.44. The third-order valence-corrected chi connectivity index (χ3v) is 6.18. The van der Waals surface area contributed by atoms with Crippen LogP contribution < -0.4 is 10.6 Å². The minimum atomic E-state index is -2.73. The van der Waals surface area contributed by atoms with E-state index in [-0.39, 0.29) is 6.16 Å². The molecule has 2 nitrogen and oxygen atoms in total.